The molecule has 0 radical (unpaired) electrons. The number of hydrogen-bond donors (Lipinski definition) is 3. The molecular weight excluding hydrogens is 220 g/mol. The number of rotatable bonds is 6. The van der Waals surface area contributed by atoms with Crippen molar-refractivity contribution >= 4 is 11.9 Å². The van der Waals surface area contributed by atoms with E-state index in [4.69, 9.17) is 5.11 Å². The van der Waals surface area contributed by atoms with Crippen LogP contribution in [0.5, 0.6) is 0 Å². The van der Waals surface area contributed by atoms with Crippen molar-refractivity contribution in [2.75, 3.05) is 6.54 Å². The maximum absolute atomic E-state index is 11.7. The van der Waals surface area contributed by atoms with Crippen LogP contribution in [0.15, 0.2) is 0 Å². The Morgan fingerprint density at radius 3 is 2.65 bits per heavy atom. The summed E-state index contributed by atoms with van der Waals surface area (Å²) < 4.78 is 0. The summed E-state index contributed by atoms with van der Waals surface area (Å²) >= 11 is 0. The lowest BCUT2D eigenvalue weighted by atomic mass is 10.0. The maximum Gasteiger partial charge on any atom is 0.326 e. The van der Waals surface area contributed by atoms with E-state index < -0.39 is 12.0 Å². The Morgan fingerprint density at radius 2 is 2.18 bits per heavy atom. The first-order valence-corrected chi connectivity index (χ1v) is 6.24. The molecule has 17 heavy (non-hydrogen) atoms. The van der Waals surface area contributed by atoms with Gasteiger partial charge in [0.15, 0.2) is 0 Å². The summed E-state index contributed by atoms with van der Waals surface area (Å²) in [6, 6.07) is -0.549. The first-order valence-electron chi connectivity index (χ1n) is 6.24. The van der Waals surface area contributed by atoms with Crippen molar-refractivity contribution in [2.45, 2.75) is 51.6 Å². The molecule has 0 bridgehead atoms. The molecule has 0 spiro atoms. The predicted octanol–water partition coefficient (Wildman–Crippen LogP) is 0.744. The number of amides is 1. The Bertz CT molecular complexity index is 273. The van der Waals surface area contributed by atoms with E-state index in [0.29, 0.717) is 12.8 Å². The molecule has 0 aromatic heterocycles. The Hall–Kier alpha value is -1.10. The molecule has 0 aliphatic carbocycles. The second-order valence-corrected chi connectivity index (χ2v) is 5.09. The van der Waals surface area contributed by atoms with Gasteiger partial charge in [0.25, 0.3) is 0 Å². The largest absolute Gasteiger partial charge is 0.480 e. The van der Waals surface area contributed by atoms with Crippen molar-refractivity contribution in [3.05, 3.63) is 0 Å². The van der Waals surface area contributed by atoms with Crippen LogP contribution in [0.1, 0.15) is 39.5 Å². The molecule has 1 amide bonds. The lowest BCUT2D eigenvalue weighted by molar-refractivity contribution is -0.142. The van der Waals surface area contributed by atoms with Crippen LogP contribution in [0.4, 0.5) is 0 Å². The number of nitrogens with one attached hydrogen (secondary N) is 2. The summed E-state index contributed by atoms with van der Waals surface area (Å²) in [4.78, 5) is 22.7. The SMILES string of the molecule is CC(C)CC(NC(=O)CC1CCCN1)C(=O)O. The molecular formula is C12H22N2O3. The van der Waals surface area contributed by atoms with Crippen LogP contribution in [0, 0.1) is 5.92 Å². The summed E-state index contributed by atoms with van der Waals surface area (Å²) in [7, 11) is 0. The molecule has 0 aromatic rings. The highest BCUT2D eigenvalue weighted by atomic mass is 16.4. The maximum atomic E-state index is 11.7. The van der Waals surface area contributed by atoms with Gasteiger partial charge in [-0.2, -0.15) is 0 Å². The summed E-state index contributed by atoms with van der Waals surface area (Å²) in [6.07, 6.45) is 2.93. The van der Waals surface area contributed by atoms with Crippen molar-refractivity contribution in [3.8, 4) is 0 Å². The smallest absolute Gasteiger partial charge is 0.326 e. The van der Waals surface area contributed by atoms with Crippen LogP contribution in [-0.4, -0.2) is 35.6 Å². The van der Waals surface area contributed by atoms with Gasteiger partial charge >= 0.3 is 5.97 Å². The predicted molar refractivity (Wildman–Crippen MR) is 64.7 cm³/mol. The normalized spacial score (nSPS) is 21.5. The summed E-state index contributed by atoms with van der Waals surface area (Å²) in [5.74, 6) is -0.870. The van der Waals surface area contributed by atoms with Crippen LogP contribution in [0.2, 0.25) is 0 Å². The highest BCUT2D eigenvalue weighted by Gasteiger charge is 2.23. The van der Waals surface area contributed by atoms with Crippen molar-refractivity contribution in [3.63, 3.8) is 0 Å². The van der Waals surface area contributed by atoms with Gasteiger partial charge in [-0.25, -0.2) is 4.79 Å². The summed E-state index contributed by atoms with van der Waals surface area (Å²) in [5.41, 5.74) is 0. The van der Waals surface area contributed by atoms with Gasteiger partial charge in [0.2, 0.25) is 5.91 Å². The van der Waals surface area contributed by atoms with E-state index in [1.54, 1.807) is 0 Å². The molecule has 2 unspecified atom stereocenters. The third-order valence-corrected chi connectivity index (χ3v) is 2.93. The van der Waals surface area contributed by atoms with Crippen molar-refractivity contribution in [2.24, 2.45) is 5.92 Å². The number of carbonyl (C=O) groups is 2. The lowest BCUT2D eigenvalue weighted by Crippen LogP contribution is -2.43. The first kappa shape index (κ1) is 14.0. The zero-order valence-electron chi connectivity index (χ0n) is 10.5. The minimum atomic E-state index is -0.952. The molecule has 1 heterocycles. The average molecular weight is 242 g/mol. The Balaban J connectivity index is 2.37. The fraction of sp³-hybridized carbons (Fsp3) is 0.833. The minimum absolute atomic E-state index is 0.169. The van der Waals surface area contributed by atoms with Gasteiger partial charge in [-0.15, -0.1) is 0 Å². The van der Waals surface area contributed by atoms with E-state index >= 15 is 0 Å². The number of carboxylic acids is 1. The highest BCUT2D eigenvalue weighted by molar-refractivity contribution is 5.83. The second-order valence-electron chi connectivity index (χ2n) is 5.09. The Morgan fingerprint density at radius 1 is 1.47 bits per heavy atom. The van der Waals surface area contributed by atoms with E-state index in [0.717, 1.165) is 19.4 Å². The zero-order chi connectivity index (χ0) is 12.8. The molecule has 1 saturated heterocycles. The second kappa shape index (κ2) is 6.59. The molecule has 5 heteroatoms. The molecule has 0 saturated carbocycles. The standard InChI is InChI=1S/C12H22N2O3/c1-8(2)6-10(12(16)17)14-11(15)7-9-4-3-5-13-9/h8-10,13H,3-7H2,1-2H3,(H,14,15)(H,16,17). The molecule has 0 aromatic carbocycles. The van der Waals surface area contributed by atoms with Crippen molar-refractivity contribution < 1.29 is 14.7 Å². The van der Waals surface area contributed by atoms with Crippen LogP contribution >= 0.6 is 0 Å². The molecule has 2 atom stereocenters. The Labute approximate surface area is 102 Å². The van der Waals surface area contributed by atoms with Crippen LogP contribution in [-0.2, 0) is 9.59 Å². The average Bonchev–Trinajstić information content (AvgIpc) is 2.68. The molecule has 1 aliphatic heterocycles. The first-order chi connectivity index (χ1) is 7.99. The third-order valence-electron chi connectivity index (χ3n) is 2.93. The quantitative estimate of drug-likeness (QED) is 0.642. The molecule has 1 rings (SSSR count). The number of aliphatic carboxylic acids is 1. The van der Waals surface area contributed by atoms with E-state index in [1.165, 1.54) is 0 Å². The number of hydrogen-bond acceptors (Lipinski definition) is 3. The van der Waals surface area contributed by atoms with E-state index in [2.05, 4.69) is 10.6 Å². The molecule has 1 aliphatic rings. The molecule has 3 N–H and O–H groups in total. The lowest BCUT2D eigenvalue weighted by Gasteiger charge is -2.17. The van der Waals surface area contributed by atoms with Crippen molar-refractivity contribution in [1.82, 2.24) is 10.6 Å². The fourth-order valence-electron chi connectivity index (χ4n) is 2.10. The van der Waals surface area contributed by atoms with E-state index in [-0.39, 0.29) is 17.9 Å². The number of carbonyl (C=O) groups excluding carboxylic acids is 1. The minimum Gasteiger partial charge on any atom is -0.480 e. The summed E-state index contributed by atoms with van der Waals surface area (Å²) in [6.45, 7) is 4.84. The summed E-state index contributed by atoms with van der Waals surface area (Å²) in [5, 5.41) is 14.8. The van der Waals surface area contributed by atoms with Gasteiger partial charge in [-0.3, -0.25) is 4.79 Å². The van der Waals surface area contributed by atoms with Gasteiger partial charge in [0.05, 0.1) is 0 Å². The van der Waals surface area contributed by atoms with Gasteiger partial charge in [-0.05, 0) is 31.7 Å². The van der Waals surface area contributed by atoms with Crippen LogP contribution in [0.3, 0.4) is 0 Å². The van der Waals surface area contributed by atoms with Gasteiger partial charge in [0.1, 0.15) is 6.04 Å². The number of carboxylic acid groups (broad SMARTS) is 1. The molecule has 5 nitrogen and oxygen atoms in total. The van der Waals surface area contributed by atoms with Crippen molar-refractivity contribution in [1.29, 1.82) is 0 Å². The molecule has 98 valence electrons. The zero-order valence-corrected chi connectivity index (χ0v) is 10.5. The highest BCUT2D eigenvalue weighted by Crippen LogP contribution is 2.10. The topological polar surface area (TPSA) is 78.4 Å². The third kappa shape index (κ3) is 5.17. The van der Waals surface area contributed by atoms with Crippen LogP contribution < -0.4 is 10.6 Å². The van der Waals surface area contributed by atoms with E-state index in [9.17, 15) is 9.59 Å². The van der Waals surface area contributed by atoms with E-state index in [1.807, 2.05) is 13.8 Å². The monoisotopic (exact) mass is 242 g/mol. The van der Waals surface area contributed by atoms with Crippen LogP contribution in [0.25, 0.3) is 0 Å². The Kier molecular flexibility index (Phi) is 5.41. The van der Waals surface area contributed by atoms with Gasteiger partial charge in [0, 0.05) is 12.5 Å². The fourth-order valence-corrected chi connectivity index (χ4v) is 2.10. The van der Waals surface area contributed by atoms with Gasteiger partial charge in [-0.1, -0.05) is 13.8 Å². The molecule has 1 fully saturated rings. The van der Waals surface area contributed by atoms with Gasteiger partial charge < -0.3 is 15.7 Å².